The molecule has 0 radical (unpaired) electrons. The van der Waals surface area contributed by atoms with Crippen molar-refractivity contribution in [3.63, 3.8) is 0 Å². The van der Waals surface area contributed by atoms with Crippen molar-refractivity contribution in [2.45, 2.75) is 57.9 Å². The summed E-state index contributed by atoms with van der Waals surface area (Å²) in [5, 5.41) is 4.56. The minimum absolute atomic E-state index is 0.0401. The SMILES string of the molecule is Cc1cc(C(=O)N(C)C2CCCCCCC2)nn1-c1ccccc1. The smallest absolute Gasteiger partial charge is 0.274 e. The molecule has 0 N–H and O–H groups in total. The summed E-state index contributed by atoms with van der Waals surface area (Å²) in [7, 11) is 1.94. The highest BCUT2D eigenvalue weighted by Crippen LogP contribution is 2.22. The van der Waals surface area contributed by atoms with Gasteiger partial charge in [-0.1, -0.05) is 50.3 Å². The van der Waals surface area contributed by atoms with Crippen LogP contribution in [0.3, 0.4) is 0 Å². The van der Waals surface area contributed by atoms with E-state index < -0.39 is 0 Å². The van der Waals surface area contributed by atoms with Gasteiger partial charge in [-0.25, -0.2) is 4.68 Å². The van der Waals surface area contributed by atoms with Crippen LogP contribution in [0.4, 0.5) is 0 Å². The minimum Gasteiger partial charge on any atom is -0.337 e. The molecule has 0 bridgehead atoms. The lowest BCUT2D eigenvalue weighted by Gasteiger charge is -2.29. The molecule has 128 valence electrons. The van der Waals surface area contributed by atoms with Crippen molar-refractivity contribution in [3.8, 4) is 5.69 Å². The molecule has 0 unspecified atom stereocenters. The number of para-hydroxylation sites is 1. The van der Waals surface area contributed by atoms with E-state index in [1.54, 1.807) is 0 Å². The molecule has 0 saturated heterocycles. The van der Waals surface area contributed by atoms with Crippen LogP contribution < -0.4 is 0 Å². The topological polar surface area (TPSA) is 38.1 Å². The fourth-order valence-corrected chi connectivity index (χ4v) is 3.58. The lowest BCUT2D eigenvalue weighted by Crippen LogP contribution is -2.37. The van der Waals surface area contributed by atoms with E-state index in [-0.39, 0.29) is 5.91 Å². The van der Waals surface area contributed by atoms with E-state index in [0.717, 1.165) is 24.2 Å². The minimum atomic E-state index is 0.0401. The molecule has 4 heteroatoms. The Balaban J connectivity index is 1.77. The zero-order valence-corrected chi connectivity index (χ0v) is 14.7. The third-order valence-electron chi connectivity index (χ3n) is 5.05. The van der Waals surface area contributed by atoms with Crippen LogP contribution in [0.5, 0.6) is 0 Å². The van der Waals surface area contributed by atoms with Crippen molar-refractivity contribution in [1.29, 1.82) is 0 Å². The number of hydrogen-bond donors (Lipinski definition) is 0. The van der Waals surface area contributed by atoms with E-state index in [4.69, 9.17) is 0 Å². The molecule has 1 fully saturated rings. The Hall–Kier alpha value is -2.10. The van der Waals surface area contributed by atoms with Crippen molar-refractivity contribution in [2.24, 2.45) is 0 Å². The fraction of sp³-hybridized carbons (Fsp3) is 0.500. The fourth-order valence-electron chi connectivity index (χ4n) is 3.58. The summed E-state index contributed by atoms with van der Waals surface area (Å²) in [4.78, 5) is 14.8. The first-order valence-corrected chi connectivity index (χ1v) is 9.06. The van der Waals surface area contributed by atoms with Gasteiger partial charge in [0.1, 0.15) is 0 Å². The summed E-state index contributed by atoms with van der Waals surface area (Å²) < 4.78 is 1.85. The highest BCUT2D eigenvalue weighted by molar-refractivity contribution is 5.92. The molecule has 1 saturated carbocycles. The van der Waals surface area contributed by atoms with Gasteiger partial charge in [-0.2, -0.15) is 5.10 Å². The van der Waals surface area contributed by atoms with E-state index in [1.807, 2.05) is 60.0 Å². The number of nitrogens with zero attached hydrogens (tertiary/aromatic N) is 3. The molecule has 1 heterocycles. The maximum Gasteiger partial charge on any atom is 0.274 e. The Morgan fingerprint density at radius 2 is 1.71 bits per heavy atom. The van der Waals surface area contributed by atoms with Gasteiger partial charge in [0.15, 0.2) is 5.69 Å². The normalized spacial score (nSPS) is 16.4. The van der Waals surface area contributed by atoms with Gasteiger partial charge in [-0.3, -0.25) is 4.79 Å². The Bertz CT molecular complexity index is 669. The van der Waals surface area contributed by atoms with Crippen molar-refractivity contribution >= 4 is 5.91 Å². The van der Waals surface area contributed by atoms with Crippen LogP contribution in [0.1, 0.15) is 61.1 Å². The standard InChI is InChI=1S/C20H27N3O/c1-16-15-19(21-23(16)18-13-9-6-10-14-18)20(24)22(2)17-11-7-4-3-5-8-12-17/h6,9-10,13-15,17H,3-5,7-8,11-12H2,1-2H3. The molecule has 2 aromatic rings. The molecule has 1 aromatic carbocycles. The summed E-state index contributed by atoms with van der Waals surface area (Å²) in [5.74, 6) is 0.0401. The van der Waals surface area contributed by atoms with Gasteiger partial charge in [0.05, 0.1) is 5.69 Å². The quantitative estimate of drug-likeness (QED) is 0.840. The van der Waals surface area contributed by atoms with Crippen molar-refractivity contribution < 1.29 is 4.79 Å². The Kier molecular flexibility index (Phi) is 5.34. The number of carbonyl (C=O) groups excluding carboxylic acids is 1. The van der Waals surface area contributed by atoms with Crippen LogP contribution in [0.2, 0.25) is 0 Å². The van der Waals surface area contributed by atoms with E-state index in [9.17, 15) is 4.79 Å². The van der Waals surface area contributed by atoms with Gasteiger partial charge < -0.3 is 4.90 Å². The molecule has 0 spiro atoms. The lowest BCUT2D eigenvalue weighted by molar-refractivity contribution is 0.0700. The molecule has 0 atom stereocenters. The largest absolute Gasteiger partial charge is 0.337 e. The Morgan fingerprint density at radius 3 is 2.38 bits per heavy atom. The van der Waals surface area contributed by atoms with Crippen LogP contribution in [0.25, 0.3) is 5.69 Å². The molecule has 1 aliphatic rings. The summed E-state index contributed by atoms with van der Waals surface area (Å²) in [6, 6.07) is 12.2. The summed E-state index contributed by atoms with van der Waals surface area (Å²) in [5.41, 5.74) is 2.51. The second-order valence-corrected chi connectivity index (χ2v) is 6.83. The second-order valence-electron chi connectivity index (χ2n) is 6.83. The Labute approximate surface area is 144 Å². The maximum absolute atomic E-state index is 12.9. The first kappa shape index (κ1) is 16.7. The average Bonchev–Trinajstić information content (AvgIpc) is 2.96. The van der Waals surface area contributed by atoms with Gasteiger partial charge >= 0.3 is 0 Å². The predicted octanol–water partition coefficient (Wildman–Crippen LogP) is 4.37. The summed E-state index contributed by atoms with van der Waals surface area (Å²) in [6.07, 6.45) is 8.59. The molecule has 1 aromatic heterocycles. The zero-order valence-electron chi connectivity index (χ0n) is 14.7. The van der Waals surface area contributed by atoms with E-state index in [1.165, 1.54) is 32.1 Å². The van der Waals surface area contributed by atoms with Gasteiger partial charge in [0, 0.05) is 18.8 Å². The van der Waals surface area contributed by atoms with E-state index in [2.05, 4.69) is 5.10 Å². The highest BCUT2D eigenvalue weighted by Gasteiger charge is 2.24. The molecule has 0 aliphatic heterocycles. The molecule has 3 rings (SSSR count). The number of aryl methyl sites for hydroxylation is 1. The van der Waals surface area contributed by atoms with Gasteiger partial charge in [-0.15, -0.1) is 0 Å². The zero-order chi connectivity index (χ0) is 16.9. The summed E-state index contributed by atoms with van der Waals surface area (Å²) >= 11 is 0. The van der Waals surface area contributed by atoms with E-state index >= 15 is 0 Å². The van der Waals surface area contributed by atoms with Gasteiger partial charge in [0.2, 0.25) is 0 Å². The molecule has 1 aliphatic carbocycles. The summed E-state index contributed by atoms with van der Waals surface area (Å²) in [6.45, 7) is 1.99. The number of aromatic nitrogens is 2. The van der Waals surface area contributed by atoms with Crippen LogP contribution in [0.15, 0.2) is 36.4 Å². The highest BCUT2D eigenvalue weighted by atomic mass is 16.2. The van der Waals surface area contributed by atoms with E-state index in [0.29, 0.717) is 11.7 Å². The maximum atomic E-state index is 12.9. The van der Waals surface area contributed by atoms with Crippen molar-refractivity contribution in [3.05, 3.63) is 47.8 Å². The molecular formula is C20H27N3O. The third kappa shape index (κ3) is 3.69. The van der Waals surface area contributed by atoms with Gasteiger partial charge in [0.25, 0.3) is 5.91 Å². The van der Waals surface area contributed by atoms with Gasteiger partial charge in [-0.05, 0) is 38.0 Å². The third-order valence-corrected chi connectivity index (χ3v) is 5.05. The number of amides is 1. The number of carbonyl (C=O) groups is 1. The van der Waals surface area contributed by atoms with Crippen molar-refractivity contribution in [1.82, 2.24) is 14.7 Å². The average molecular weight is 325 g/mol. The van der Waals surface area contributed by atoms with Crippen LogP contribution in [-0.4, -0.2) is 33.7 Å². The predicted molar refractivity (Wildman–Crippen MR) is 96.5 cm³/mol. The van der Waals surface area contributed by atoms with Crippen LogP contribution in [-0.2, 0) is 0 Å². The second kappa shape index (κ2) is 7.65. The Morgan fingerprint density at radius 1 is 1.08 bits per heavy atom. The molecule has 1 amide bonds. The van der Waals surface area contributed by atoms with Crippen molar-refractivity contribution in [2.75, 3.05) is 7.05 Å². The number of rotatable bonds is 3. The van der Waals surface area contributed by atoms with Crippen LogP contribution in [0, 0.1) is 6.92 Å². The number of hydrogen-bond acceptors (Lipinski definition) is 2. The first-order chi connectivity index (χ1) is 11.7. The molecular weight excluding hydrogens is 298 g/mol. The lowest BCUT2D eigenvalue weighted by atomic mass is 9.95. The number of benzene rings is 1. The first-order valence-electron chi connectivity index (χ1n) is 9.06. The molecule has 24 heavy (non-hydrogen) atoms. The monoisotopic (exact) mass is 325 g/mol. The molecule has 4 nitrogen and oxygen atoms in total. The van der Waals surface area contributed by atoms with Crippen LogP contribution >= 0.6 is 0 Å².